The molecular weight excluding hydrogens is 239 g/mol. The highest BCUT2D eigenvalue weighted by atomic mass is 35.5. The fourth-order valence-corrected chi connectivity index (χ4v) is 3.17. The minimum absolute atomic E-state index is 0.256. The summed E-state index contributed by atoms with van der Waals surface area (Å²) in [6.07, 6.45) is 2.42. The Labute approximate surface area is 106 Å². The van der Waals surface area contributed by atoms with Gasteiger partial charge >= 0.3 is 0 Å². The van der Waals surface area contributed by atoms with Crippen molar-refractivity contribution in [2.75, 3.05) is 25.0 Å². The smallest absolute Gasteiger partial charge is 0.147 e. The number of rotatable bonds is 2. The van der Waals surface area contributed by atoms with E-state index in [0.29, 0.717) is 22.7 Å². The molecule has 1 unspecified atom stereocenters. The van der Waals surface area contributed by atoms with Gasteiger partial charge in [-0.1, -0.05) is 17.7 Å². The molecule has 2 nitrogen and oxygen atoms in total. The number of halogens is 2. The van der Waals surface area contributed by atoms with E-state index in [2.05, 4.69) is 10.2 Å². The van der Waals surface area contributed by atoms with E-state index in [-0.39, 0.29) is 5.82 Å². The maximum atomic E-state index is 13.7. The maximum absolute atomic E-state index is 13.7. The molecular formula is C13H16ClFN2. The number of benzene rings is 1. The molecule has 3 aliphatic heterocycles. The SMILES string of the molecule is Fc1cccc(Cl)c1NC1CN2CCC1CC2. The number of fused-ring (bicyclic) bond motifs is 3. The summed E-state index contributed by atoms with van der Waals surface area (Å²) in [5.74, 6) is 0.407. The van der Waals surface area contributed by atoms with E-state index in [0.717, 1.165) is 6.54 Å². The van der Waals surface area contributed by atoms with Crippen LogP contribution in [0.5, 0.6) is 0 Å². The second-order valence-electron chi connectivity index (χ2n) is 4.99. The molecule has 3 aliphatic rings. The highest BCUT2D eigenvalue weighted by molar-refractivity contribution is 6.33. The first-order chi connectivity index (χ1) is 8.24. The molecule has 0 aliphatic carbocycles. The molecule has 0 amide bonds. The van der Waals surface area contributed by atoms with Gasteiger partial charge in [0.25, 0.3) is 0 Å². The van der Waals surface area contributed by atoms with Crippen LogP contribution in [0, 0.1) is 11.7 Å². The van der Waals surface area contributed by atoms with E-state index in [1.165, 1.54) is 32.0 Å². The average Bonchev–Trinajstić information content (AvgIpc) is 2.36. The van der Waals surface area contributed by atoms with Crippen molar-refractivity contribution in [1.82, 2.24) is 4.90 Å². The molecule has 1 aromatic carbocycles. The van der Waals surface area contributed by atoms with Gasteiger partial charge in [0, 0.05) is 12.6 Å². The van der Waals surface area contributed by atoms with Crippen LogP contribution in [-0.4, -0.2) is 30.6 Å². The van der Waals surface area contributed by atoms with Crippen LogP contribution >= 0.6 is 11.6 Å². The van der Waals surface area contributed by atoms with Crippen LogP contribution in [0.2, 0.25) is 5.02 Å². The summed E-state index contributed by atoms with van der Waals surface area (Å²) in [4.78, 5) is 2.44. The van der Waals surface area contributed by atoms with E-state index in [1.807, 2.05) is 0 Å². The number of nitrogens with one attached hydrogen (secondary N) is 1. The van der Waals surface area contributed by atoms with Crippen molar-refractivity contribution in [1.29, 1.82) is 0 Å². The van der Waals surface area contributed by atoms with E-state index in [9.17, 15) is 4.39 Å². The van der Waals surface area contributed by atoms with Gasteiger partial charge in [-0.05, 0) is 44.0 Å². The van der Waals surface area contributed by atoms with Crippen molar-refractivity contribution >= 4 is 17.3 Å². The summed E-state index contributed by atoms with van der Waals surface area (Å²) in [5, 5.41) is 3.77. The van der Waals surface area contributed by atoms with Gasteiger partial charge < -0.3 is 10.2 Å². The summed E-state index contributed by atoms with van der Waals surface area (Å²) in [6, 6.07) is 5.16. The van der Waals surface area contributed by atoms with Gasteiger partial charge in [0.05, 0.1) is 10.7 Å². The Hall–Kier alpha value is -0.800. The van der Waals surface area contributed by atoms with Crippen molar-refractivity contribution in [3.63, 3.8) is 0 Å². The van der Waals surface area contributed by atoms with Crippen LogP contribution in [0.1, 0.15) is 12.8 Å². The lowest BCUT2D eigenvalue weighted by atomic mass is 9.84. The molecule has 1 N–H and O–H groups in total. The topological polar surface area (TPSA) is 15.3 Å². The predicted molar refractivity (Wildman–Crippen MR) is 68.0 cm³/mol. The highest BCUT2D eigenvalue weighted by Gasteiger charge is 2.34. The molecule has 0 spiro atoms. The molecule has 4 heteroatoms. The van der Waals surface area contributed by atoms with Crippen molar-refractivity contribution in [2.24, 2.45) is 5.92 Å². The van der Waals surface area contributed by atoms with Gasteiger partial charge in [0.15, 0.2) is 0 Å². The largest absolute Gasteiger partial charge is 0.377 e. The fraction of sp³-hybridized carbons (Fsp3) is 0.538. The number of anilines is 1. The second kappa shape index (κ2) is 4.46. The molecule has 17 heavy (non-hydrogen) atoms. The average molecular weight is 255 g/mol. The molecule has 0 radical (unpaired) electrons. The maximum Gasteiger partial charge on any atom is 0.147 e. The predicted octanol–water partition coefficient (Wildman–Crippen LogP) is 2.99. The highest BCUT2D eigenvalue weighted by Crippen LogP contribution is 2.32. The van der Waals surface area contributed by atoms with Gasteiger partial charge in [-0.3, -0.25) is 0 Å². The lowest BCUT2D eigenvalue weighted by Gasteiger charge is -2.45. The van der Waals surface area contributed by atoms with Crippen molar-refractivity contribution in [2.45, 2.75) is 18.9 Å². The van der Waals surface area contributed by atoms with Crippen LogP contribution in [0.3, 0.4) is 0 Å². The van der Waals surface area contributed by atoms with Crippen LogP contribution in [0.4, 0.5) is 10.1 Å². The number of hydrogen-bond donors (Lipinski definition) is 1. The fourth-order valence-electron chi connectivity index (χ4n) is 2.95. The van der Waals surface area contributed by atoms with E-state index < -0.39 is 0 Å². The number of piperidine rings is 3. The van der Waals surface area contributed by atoms with Gasteiger partial charge in [-0.25, -0.2) is 4.39 Å². The number of nitrogens with zero attached hydrogens (tertiary/aromatic N) is 1. The molecule has 3 saturated heterocycles. The van der Waals surface area contributed by atoms with Crippen LogP contribution < -0.4 is 5.32 Å². The molecule has 0 saturated carbocycles. The summed E-state index contributed by atoms with van der Waals surface area (Å²) in [6.45, 7) is 3.39. The zero-order valence-corrected chi connectivity index (χ0v) is 10.4. The third kappa shape index (κ3) is 2.14. The van der Waals surface area contributed by atoms with Crippen LogP contribution in [-0.2, 0) is 0 Å². The van der Waals surface area contributed by atoms with Crippen LogP contribution in [0.25, 0.3) is 0 Å². The molecule has 0 aromatic heterocycles. The van der Waals surface area contributed by atoms with Gasteiger partial charge in [-0.15, -0.1) is 0 Å². The molecule has 1 atom stereocenters. The summed E-state index contributed by atoms with van der Waals surface area (Å²) < 4.78 is 13.7. The Balaban J connectivity index is 1.79. The van der Waals surface area contributed by atoms with Crippen molar-refractivity contribution in [3.8, 4) is 0 Å². The van der Waals surface area contributed by atoms with Gasteiger partial charge in [0.1, 0.15) is 5.82 Å². The molecule has 1 aromatic rings. The monoisotopic (exact) mass is 254 g/mol. The van der Waals surface area contributed by atoms with E-state index in [4.69, 9.17) is 11.6 Å². The third-order valence-electron chi connectivity index (χ3n) is 3.95. The first-order valence-corrected chi connectivity index (χ1v) is 6.55. The summed E-state index contributed by atoms with van der Waals surface area (Å²) in [7, 11) is 0. The lowest BCUT2D eigenvalue weighted by molar-refractivity contribution is 0.0974. The van der Waals surface area contributed by atoms with Gasteiger partial charge in [-0.2, -0.15) is 0 Å². The minimum atomic E-state index is -0.256. The summed E-state index contributed by atoms with van der Waals surface area (Å²) >= 11 is 6.03. The third-order valence-corrected chi connectivity index (χ3v) is 4.26. The Morgan fingerprint density at radius 1 is 1.29 bits per heavy atom. The molecule has 92 valence electrons. The minimum Gasteiger partial charge on any atom is -0.377 e. The van der Waals surface area contributed by atoms with E-state index in [1.54, 1.807) is 12.1 Å². The van der Waals surface area contributed by atoms with Crippen molar-refractivity contribution < 1.29 is 4.39 Å². The second-order valence-corrected chi connectivity index (χ2v) is 5.39. The zero-order valence-electron chi connectivity index (χ0n) is 9.63. The normalized spacial score (nSPS) is 31.5. The number of hydrogen-bond acceptors (Lipinski definition) is 2. The molecule has 3 fully saturated rings. The van der Waals surface area contributed by atoms with Crippen LogP contribution in [0.15, 0.2) is 18.2 Å². The molecule has 4 rings (SSSR count). The Bertz CT molecular complexity index is 396. The zero-order chi connectivity index (χ0) is 11.8. The first-order valence-electron chi connectivity index (χ1n) is 6.17. The Kier molecular flexibility index (Phi) is 2.97. The quantitative estimate of drug-likeness (QED) is 0.873. The number of para-hydroxylation sites is 1. The Morgan fingerprint density at radius 3 is 2.65 bits per heavy atom. The molecule has 3 heterocycles. The molecule has 2 bridgehead atoms. The lowest BCUT2D eigenvalue weighted by Crippen LogP contribution is -2.53. The standard InChI is InChI=1S/C13H16ClFN2/c14-10-2-1-3-11(15)13(10)16-12-8-17-6-4-9(12)5-7-17/h1-3,9,12,16H,4-8H2. The Morgan fingerprint density at radius 2 is 2.06 bits per heavy atom. The first kappa shape index (κ1) is 11.3. The van der Waals surface area contributed by atoms with Gasteiger partial charge in [0.2, 0.25) is 0 Å². The van der Waals surface area contributed by atoms with Crippen molar-refractivity contribution in [3.05, 3.63) is 29.0 Å². The summed E-state index contributed by atoms with van der Waals surface area (Å²) in [5.41, 5.74) is 0.466. The van der Waals surface area contributed by atoms with E-state index >= 15 is 0 Å².